The SMILES string of the molecule is CCCNC(=O)CN(C)C(=O)Cn1nnc(-c2ccc(F)cc2)n1. The van der Waals surface area contributed by atoms with E-state index in [1.165, 1.54) is 36.2 Å². The van der Waals surface area contributed by atoms with E-state index in [0.717, 1.165) is 11.2 Å². The molecular formula is C15H19FN6O2. The van der Waals surface area contributed by atoms with Crippen molar-refractivity contribution in [2.45, 2.75) is 19.9 Å². The number of nitrogens with zero attached hydrogens (tertiary/aromatic N) is 5. The van der Waals surface area contributed by atoms with Crippen molar-refractivity contribution in [3.63, 3.8) is 0 Å². The smallest absolute Gasteiger partial charge is 0.246 e. The number of aromatic nitrogens is 4. The fraction of sp³-hybridized carbons (Fsp3) is 0.400. The first kappa shape index (κ1) is 17.5. The molecule has 0 unspecified atom stereocenters. The van der Waals surface area contributed by atoms with E-state index in [1.807, 2.05) is 6.92 Å². The van der Waals surface area contributed by atoms with Gasteiger partial charge in [0, 0.05) is 19.2 Å². The van der Waals surface area contributed by atoms with Gasteiger partial charge in [-0.2, -0.15) is 4.80 Å². The maximum Gasteiger partial charge on any atom is 0.246 e. The van der Waals surface area contributed by atoms with Crippen LogP contribution in [0, 0.1) is 5.82 Å². The van der Waals surface area contributed by atoms with Crippen molar-refractivity contribution in [2.75, 3.05) is 20.1 Å². The summed E-state index contributed by atoms with van der Waals surface area (Å²) in [4.78, 5) is 26.1. The highest BCUT2D eigenvalue weighted by Gasteiger charge is 2.15. The second-order valence-electron chi connectivity index (χ2n) is 5.25. The maximum absolute atomic E-state index is 12.9. The summed E-state index contributed by atoms with van der Waals surface area (Å²) in [6.07, 6.45) is 0.832. The van der Waals surface area contributed by atoms with Crippen LogP contribution >= 0.6 is 0 Å². The molecule has 1 aromatic heterocycles. The Morgan fingerprint density at radius 2 is 2.00 bits per heavy atom. The first-order valence-electron chi connectivity index (χ1n) is 7.54. The molecule has 2 aromatic rings. The molecule has 9 heteroatoms. The van der Waals surface area contributed by atoms with Crippen LogP contribution in [0.2, 0.25) is 0 Å². The van der Waals surface area contributed by atoms with Crippen molar-refractivity contribution < 1.29 is 14.0 Å². The van der Waals surface area contributed by atoms with E-state index >= 15 is 0 Å². The Bertz CT molecular complexity index is 700. The van der Waals surface area contributed by atoms with E-state index in [1.54, 1.807) is 0 Å². The topological polar surface area (TPSA) is 93.0 Å². The average molecular weight is 334 g/mol. The Hall–Kier alpha value is -2.84. The molecule has 2 amide bonds. The second-order valence-corrected chi connectivity index (χ2v) is 5.25. The van der Waals surface area contributed by atoms with Gasteiger partial charge >= 0.3 is 0 Å². The highest BCUT2D eigenvalue weighted by molar-refractivity contribution is 5.84. The molecule has 0 radical (unpaired) electrons. The quantitative estimate of drug-likeness (QED) is 0.794. The Balaban J connectivity index is 1.92. The number of benzene rings is 1. The summed E-state index contributed by atoms with van der Waals surface area (Å²) in [5, 5.41) is 14.4. The summed E-state index contributed by atoms with van der Waals surface area (Å²) in [6.45, 7) is 2.36. The number of hydrogen-bond donors (Lipinski definition) is 1. The van der Waals surface area contributed by atoms with Crippen LogP contribution in [0.5, 0.6) is 0 Å². The van der Waals surface area contributed by atoms with Crippen LogP contribution in [0.3, 0.4) is 0 Å². The zero-order valence-corrected chi connectivity index (χ0v) is 13.6. The van der Waals surface area contributed by atoms with Crippen molar-refractivity contribution >= 4 is 11.8 Å². The van der Waals surface area contributed by atoms with E-state index < -0.39 is 0 Å². The predicted molar refractivity (Wildman–Crippen MR) is 84.1 cm³/mol. The fourth-order valence-electron chi connectivity index (χ4n) is 1.89. The summed E-state index contributed by atoms with van der Waals surface area (Å²) >= 11 is 0. The number of likely N-dealkylation sites (N-methyl/N-ethyl adjacent to an activating group) is 1. The molecule has 0 aliphatic rings. The standard InChI is InChI=1S/C15H19FN6O2/c1-3-8-17-13(23)9-21(2)14(24)10-22-19-15(18-20-22)11-4-6-12(16)7-5-11/h4-7H,3,8-10H2,1-2H3,(H,17,23). The molecule has 8 nitrogen and oxygen atoms in total. The summed E-state index contributed by atoms with van der Waals surface area (Å²) in [6, 6.07) is 5.65. The number of carbonyl (C=O) groups is 2. The predicted octanol–water partition coefficient (Wildman–Crippen LogP) is 0.464. The van der Waals surface area contributed by atoms with Crippen LogP contribution in [-0.4, -0.2) is 57.1 Å². The fourth-order valence-corrected chi connectivity index (χ4v) is 1.89. The highest BCUT2D eigenvalue weighted by atomic mass is 19.1. The molecule has 0 saturated carbocycles. The summed E-state index contributed by atoms with van der Waals surface area (Å²) in [7, 11) is 1.53. The minimum absolute atomic E-state index is 0.0294. The minimum Gasteiger partial charge on any atom is -0.355 e. The van der Waals surface area contributed by atoms with Gasteiger partial charge in [0.05, 0.1) is 6.54 Å². The molecule has 24 heavy (non-hydrogen) atoms. The third kappa shape index (κ3) is 4.83. The number of halogens is 1. The zero-order valence-electron chi connectivity index (χ0n) is 13.6. The lowest BCUT2D eigenvalue weighted by molar-refractivity contribution is -0.135. The summed E-state index contributed by atoms with van der Waals surface area (Å²) < 4.78 is 12.9. The van der Waals surface area contributed by atoms with Crippen molar-refractivity contribution in [2.24, 2.45) is 0 Å². The first-order valence-corrected chi connectivity index (χ1v) is 7.54. The molecule has 128 valence electrons. The van der Waals surface area contributed by atoms with Crippen molar-refractivity contribution in [3.8, 4) is 11.4 Å². The third-order valence-electron chi connectivity index (χ3n) is 3.21. The van der Waals surface area contributed by atoms with Crippen LogP contribution in [0.15, 0.2) is 24.3 Å². The Kier molecular flexibility index (Phi) is 5.94. The maximum atomic E-state index is 12.9. The van der Waals surface area contributed by atoms with Gasteiger partial charge in [0.15, 0.2) is 0 Å². The van der Waals surface area contributed by atoms with E-state index in [-0.39, 0.29) is 30.7 Å². The van der Waals surface area contributed by atoms with E-state index in [0.29, 0.717) is 17.9 Å². The molecule has 0 atom stereocenters. The Morgan fingerprint density at radius 1 is 1.29 bits per heavy atom. The lowest BCUT2D eigenvalue weighted by atomic mass is 10.2. The molecule has 0 aliphatic carbocycles. The molecule has 2 rings (SSSR count). The number of rotatable bonds is 7. The summed E-state index contributed by atoms with van der Waals surface area (Å²) in [5.74, 6) is -0.591. The van der Waals surface area contributed by atoms with Gasteiger partial charge in [0.2, 0.25) is 17.6 Å². The average Bonchev–Trinajstić information content (AvgIpc) is 3.02. The second kappa shape index (κ2) is 8.14. The van der Waals surface area contributed by atoms with Gasteiger partial charge in [-0.25, -0.2) is 4.39 Å². The number of tetrazole rings is 1. The van der Waals surface area contributed by atoms with Crippen LogP contribution in [0.4, 0.5) is 4.39 Å². The van der Waals surface area contributed by atoms with E-state index in [4.69, 9.17) is 0 Å². The van der Waals surface area contributed by atoms with Gasteiger partial charge in [-0.1, -0.05) is 6.92 Å². The van der Waals surface area contributed by atoms with Gasteiger partial charge in [-0.3, -0.25) is 9.59 Å². The van der Waals surface area contributed by atoms with Gasteiger partial charge in [0.25, 0.3) is 0 Å². The van der Waals surface area contributed by atoms with Gasteiger partial charge in [0.1, 0.15) is 12.4 Å². The minimum atomic E-state index is -0.357. The van der Waals surface area contributed by atoms with E-state index in [9.17, 15) is 14.0 Å². The molecule has 1 aromatic carbocycles. The summed E-state index contributed by atoms with van der Waals surface area (Å²) in [5.41, 5.74) is 0.599. The number of amides is 2. The first-order chi connectivity index (χ1) is 11.5. The Labute approximate surface area is 138 Å². The molecule has 0 bridgehead atoms. The van der Waals surface area contributed by atoms with Crippen LogP contribution in [-0.2, 0) is 16.1 Å². The van der Waals surface area contributed by atoms with Crippen molar-refractivity contribution in [1.82, 2.24) is 30.4 Å². The van der Waals surface area contributed by atoms with Crippen LogP contribution in [0.25, 0.3) is 11.4 Å². The largest absolute Gasteiger partial charge is 0.355 e. The third-order valence-corrected chi connectivity index (χ3v) is 3.21. The normalized spacial score (nSPS) is 10.5. The lowest BCUT2D eigenvalue weighted by Crippen LogP contribution is -2.40. The lowest BCUT2D eigenvalue weighted by Gasteiger charge is -2.16. The van der Waals surface area contributed by atoms with E-state index in [2.05, 4.69) is 20.7 Å². The van der Waals surface area contributed by atoms with Gasteiger partial charge in [-0.15, -0.1) is 10.2 Å². The van der Waals surface area contributed by atoms with Crippen molar-refractivity contribution in [1.29, 1.82) is 0 Å². The van der Waals surface area contributed by atoms with Gasteiger partial charge in [-0.05, 0) is 35.9 Å². The molecule has 0 saturated heterocycles. The van der Waals surface area contributed by atoms with Crippen LogP contribution in [0.1, 0.15) is 13.3 Å². The monoisotopic (exact) mass is 334 g/mol. The molecular weight excluding hydrogens is 315 g/mol. The zero-order chi connectivity index (χ0) is 17.5. The molecule has 0 aliphatic heterocycles. The van der Waals surface area contributed by atoms with Crippen molar-refractivity contribution in [3.05, 3.63) is 30.1 Å². The molecule has 1 N–H and O–H groups in total. The molecule has 0 fully saturated rings. The highest BCUT2D eigenvalue weighted by Crippen LogP contribution is 2.13. The Morgan fingerprint density at radius 3 is 2.67 bits per heavy atom. The number of carbonyl (C=O) groups excluding carboxylic acids is 2. The molecule has 0 spiro atoms. The van der Waals surface area contributed by atoms with Gasteiger partial charge < -0.3 is 10.2 Å². The number of hydrogen-bond acceptors (Lipinski definition) is 5. The number of nitrogens with one attached hydrogen (secondary N) is 1. The molecule has 1 heterocycles. The van der Waals surface area contributed by atoms with Crippen LogP contribution < -0.4 is 5.32 Å².